The third-order valence-corrected chi connectivity index (χ3v) is 6.88. The Morgan fingerprint density at radius 2 is 1.91 bits per heavy atom. The maximum atomic E-state index is 13.7. The summed E-state index contributed by atoms with van der Waals surface area (Å²) in [6, 6.07) is 11.7. The lowest BCUT2D eigenvalue weighted by atomic mass is 9.96. The first-order chi connectivity index (χ1) is 16.6. The fourth-order valence-corrected chi connectivity index (χ4v) is 5.04. The zero-order valence-electron chi connectivity index (χ0n) is 20.2. The van der Waals surface area contributed by atoms with E-state index in [1.54, 1.807) is 19.1 Å². The smallest absolute Gasteiger partial charge is 0.318 e. The standard InChI is InChI=1S/C26H36N4O4/c1-33-17-16-29(26(32)27-21-9-4-3-5-10-21)19-24(31)30-15-14-28-13-7-12-23(28)25(30)20-8-6-11-22(18-20)34-2/h6-8,11-13,18,21,25H,3-5,9-10,14-17,19H2,1-2H3,(H,27,32). The van der Waals surface area contributed by atoms with Gasteiger partial charge in [0, 0.05) is 44.7 Å². The number of ether oxygens (including phenoxy) is 2. The molecule has 1 aliphatic heterocycles. The van der Waals surface area contributed by atoms with Crippen LogP contribution in [-0.4, -0.2) is 72.8 Å². The lowest BCUT2D eigenvalue weighted by Gasteiger charge is -2.38. The average Bonchev–Trinajstić information content (AvgIpc) is 3.35. The van der Waals surface area contributed by atoms with Crippen LogP contribution in [0.5, 0.6) is 5.75 Å². The molecule has 8 nitrogen and oxygen atoms in total. The second-order valence-electron chi connectivity index (χ2n) is 9.09. The van der Waals surface area contributed by atoms with Crippen LogP contribution in [0.4, 0.5) is 4.79 Å². The molecule has 1 aliphatic carbocycles. The van der Waals surface area contributed by atoms with Crippen molar-refractivity contribution in [2.45, 2.75) is 50.7 Å². The van der Waals surface area contributed by atoms with E-state index in [-0.39, 0.29) is 30.6 Å². The van der Waals surface area contributed by atoms with Crippen molar-refractivity contribution in [2.75, 3.05) is 40.5 Å². The van der Waals surface area contributed by atoms with Crippen molar-refractivity contribution in [3.8, 4) is 5.75 Å². The minimum atomic E-state index is -0.239. The van der Waals surface area contributed by atoms with Gasteiger partial charge < -0.3 is 29.2 Å². The molecule has 1 saturated carbocycles. The normalized spacial score (nSPS) is 18.3. The van der Waals surface area contributed by atoms with Crippen LogP contribution in [0.2, 0.25) is 0 Å². The number of carbonyl (C=O) groups excluding carboxylic acids is 2. The Balaban J connectivity index is 1.53. The number of benzene rings is 1. The fraction of sp³-hybridized carbons (Fsp3) is 0.538. The van der Waals surface area contributed by atoms with Crippen molar-refractivity contribution < 1.29 is 19.1 Å². The molecule has 1 unspecified atom stereocenters. The van der Waals surface area contributed by atoms with E-state index in [0.29, 0.717) is 19.7 Å². The van der Waals surface area contributed by atoms with Gasteiger partial charge in [-0.3, -0.25) is 4.79 Å². The van der Waals surface area contributed by atoms with Crippen molar-refractivity contribution in [1.29, 1.82) is 0 Å². The van der Waals surface area contributed by atoms with Crippen LogP contribution in [0.1, 0.15) is 49.4 Å². The molecule has 3 amide bonds. The number of amides is 3. The maximum Gasteiger partial charge on any atom is 0.318 e. The molecule has 0 radical (unpaired) electrons. The van der Waals surface area contributed by atoms with Crippen LogP contribution in [0.3, 0.4) is 0 Å². The molecule has 4 rings (SSSR count). The average molecular weight is 469 g/mol. The fourth-order valence-electron chi connectivity index (χ4n) is 5.04. The number of methoxy groups -OCH3 is 2. The largest absolute Gasteiger partial charge is 0.497 e. The summed E-state index contributed by atoms with van der Waals surface area (Å²) >= 11 is 0. The van der Waals surface area contributed by atoms with Crippen LogP contribution in [0.25, 0.3) is 0 Å². The first kappa shape index (κ1) is 24.1. The maximum absolute atomic E-state index is 13.7. The van der Waals surface area contributed by atoms with Crippen LogP contribution in [-0.2, 0) is 16.1 Å². The zero-order chi connectivity index (χ0) is 23.9. The van der Waals surface area contributed by atoms with Gasteiger partial charge in [-0.1, -0.05) is 31.4 Å². The Kier molecular flexibility index (Phi) is 8.11. The lowest BCUT2D eigenvalue weighted by molar-refractivity contribution is -0.134. The Labute approximate surface area is 201 Å². The summed E-state index contributed by atoms with van der Waals surface area (Å²) in [7, 11) is 3.25. The highest BCUT2D eigenvalue weighted by molar-refractivity contribution is 5.85. The van der Waals surface area contributed by atoms with Gasteiger partial charge in [-0.15, -0.1) is 0 Å². The van der Waals surface area contributed by atoms with E-state index in [4.69, 9.17) is 9.47 Å². The molecule has 1 fully saturated rings. The van der Waals surface area contributed by atoms with Gasteiger partial charge in [-0.05, 0) is 42.7 Å². The number of rotatable bonds is 8. The van der Waals surface area contributed by atoms with Crippen LogP contribution >= 0.6 is 0 Å². The van der Waals surface area contributed by atoms with Gasteiger partial charge in [0.15, 0.2) is 0 Å². The number of carbonyl (C=O) groups is 2. The van der Waals surface area contributed by atoms with E-state index < -0.39 is 0 Å². The molecular formula is C26H36N4O4. The molecule has 8 heteroatoms. The second kappa shape index (κ2) is 11.4. The molecule has 0 spiro atoms. The van der Waals surface area contributed by atoms with Crippen molar-refractivity contribution >= 4 is 11.9 Å². The molecule has 1 aromatic heterocycles. The first-order valence-electron chi connectivity index (χ1n) is 12.2. The molecule has 2 heterocycles. The molecule has 184 valence electrons. The first-order valence-corrected chi connectivity index (χ1v) is 12.2. The van der Waals surface area contributed by atoms with Gasteiger partial charge in [0.1, 0.15) is 12.3 Å². The molecule has 1 N–H and O–H groups in total. The van der Waals surface area contributed by atoms with E-state index in [2.05, 4.69) is 16.0 Å². The van der Waals surface area contributed by atoms with E-state index >= 15 is 0 Å². The molecule has 2 aromatic rings. The van der Waals surface area contributed by atoms with Crippen LogP contribution < -0.4 is 10.1 Å². The van der Waals surface area contributed by atoms with Gasteiger partial charge in [-0.2, -0.15) is 0 Å². The number of fused-ring (bicyclic) bond motifs is 1. The quantitative estimate of drug-likeness (QED) is 0.644. The summed E-state index contributed by atoms with van der Waals surface area (Å²) in [5, 5.41) is 3.15. The summed E-state index contributed by atoms with van der Waals surface area (Å²) in [6.07, 6.45) is 7.54. The zero-order valence-corrected chi connectivity index (χ0v) is 20.2. The van der Waals surface area contributed by atoms with Gasteiger partial charge in [0.2, 0.25) is 5.91 Å². The highest BCUT2D eigenvalue weighted by Gasteiger charge is 2.34. The van der Waals surface area contributed by atoms with Gasteiger partial charge >= 0.3 is 6.03 Å². The Hall–Kier alpha value is -3.00. The summed E-state index contributed by atoms with van der Waals surface area (Å²) in [5.41, 5.74) is 2.05. The van der Waals surface area contributed by atoms with E-state index in [1.165, 1.54) is 6.42 Å². The number of nitrogens with zero attached hydrogens (tertiary/aromatic N) is 3. The molecule has 0 bridgehead atoms. The highest BCUT2D eigenvalue weighted by Crippen LogP contribution is 2.34. The summed E-state index contributed by atoms with van der Waals surface area (Å²) in [6.45, 7) is 2.07. The molecule has 1 atom stereocenters. The Morgan fingerprint density at radius 3 is 2.68 bits per heavy atom. The molecule has 0 saturated heterocycles. The van der Waals surface area contributed by atoms with Crippen molar-refractivity contribution in [3.63, 3.8) is 0 Å². The van der Waals surface area contributed by atoms with Crippen LogP contribution in [0, 0.1) is 0 Å². The third-order valence-electron chi connectivity index (χ3n) is 6.88. The van der Waals surface area contributed by atoms with Crippen LogP contribution in [0.15, 0.2) is 42.6 Å². The van der Waals surface area contributed by atoms with Crippen molar-refractivity contribution in [3.05, 3.63) is 53.9 Å². The number of hydrogen-bond acceptors (Lipinski definition) is 4. The number of aromatic nitrogens is 1. The van der Waals surface area contributed by atoms with Gasteiger partial charge in [0.05, 0.1) is 19.8 Å². The summed E-state index contributed by atoms with van der Waals surface area (Å²) < 4.78 is 12.9. The predicted molar refractivity (Wildman–Crippen MR) is 130 cm³/mol. The number of nitrogens with one attached hydrogen (secondary N) is 1. The minimum absolute atomic E-state index is 0.0170. The molecule has 1 aromatic carbocycles. The lowest BCUT2D eigenvalue weighted by Crippen LogP contribution is -2.52. The van der Waals surface area contributed by atoms with Gasteiger partial charge in [-0.25, -0.2) is 4.79 Å². The topological polar surface area (TPSA) is 76.0 Å². The Morgan fingerprint density at radius 1 is 1.09 bits per heavy atom. The van der Waals surface area contributed by atoms with Gasteiger partial charge in [0.25, 0.3) is 0 Å². The SMILES string of the molecule is COCCN(CC(=O)N1CCn2cccc2C1c1cccc(OC)c1)C(=O)NC1CCCCC1. The van der Waals surface area contributed by atoms with Crippen molar-refractivity contribution in [2.24, 2.45) is 0 Å². The summed E-state index contributed by atoms with van der Waals surface area (Å²) in [4.78, 5) is 30.2. The molecule has 2 aliphatic rings. The molecule has 34 heavy (non-hydrogen) atoms. The Bertz CT molecular complexity index is 969. The summed E-state index contributed by atoms with van der Waals surface area (Å²) in [5.74, 6) is 0.678. The monoisotopic (exact) mass is 468 g/mol. The van der Waals surface area contributed by atoms with E-state index in [1.807, 2.05) is 41.4 Å². The third kappa shape index (κ3) is 5.55. The van der Waals surface area contributed by atoms with E-state index in [9.17, 15) is 9.59 Å². The number of hydrogen-bond donors (Lipinski definition) is 1. The van der Waals surface area contributed by atoms with E-state index in [0.717, 1.165) is 49.2 Å². The molecular weight excluding hydrogens is 432 g/mol. The number of urea groups is 1. The predicted octanol–water partition coefficient (Wildman–Crippen LogP) is 3.42. The second-order valence-corrected chi connectivity index (χ2v) is 9.09. The minimum Gasteiger partial charge on any atom is -0.497 e. The van der Waals surface area contributed by atoms with Crippen molar-refractivity contribution in [1.82, 2.24) is 19.7 Å². The highest BCUT2D eigenvalue weighted by atomic mass is 16.5.